The molecule has 1 aromatic heterocycles. The molecule has 7 heteroatoms. The fourth-order valence-corrected chi connectivity index (χ4v) is 4.35. The van der Waals surface area contributed by atoms with Crippen molar-refractivity contribution in [3.63, 3.8) is 0 Å². The standard InChI is InChI=1S/C18H17NO5S/c20-13-19(21)17(15-4-2-1-3-5-15)12-25(22,23)11-14-6-7-16-8-9-24-18(16)10-14/h1-10,13,17,21H,11-12H2. The minimum atomic E-state index is -3.59. The summed E-state index contributed by atoms with van der Waals surface area (Å²) in [5.74, 6) is -0.595. The van der Waals surface area contributed by atoms with Crippen LogP contribution in [-0.4, -0.2) is 30.9 Å². The third-order valence-corrected chi connectivity index (χ3v) is 5.53. The molecule has 0 aliphatic rings. The fourth-order valence-electron chi connectivity index (χ4n) is 2.72. The Hall–Kier alpha value is -2.64. The minimum Gasteiger partial charge on any atom is -0.464 e. The summed E-state index contributed by atoms with van der Waals surface area (Å²) in [6.45, 7) is 0. The summed E-state index contributed by atoms with van der Waals surface area (Å²) in [4.78, 5) is 10.9. The van der Waals surface area contributed by atoms with Crippen molar-refractivity contribution in [3.05, 3.63) is 72.0 Å². The molecule has 1 N–H and O–H groups in total. The lowest BCUT2D eigenvalue weighted by molar-refractivity contribution is -0.158. The first-order chi connectivity index (χ1) is 12.0. The number of carbonyl (C=O) groups excluding carboxylic acids is 1. The Morgan fingerprint density at radius 3 is 2.60 bits per heavy atom. The van der Waals surface area contributed by atoms with Crippen molar-refractivity contribution in [2.24, 2.45) is 0 Å². The molecule has 25 heavy (non-hydrogen) atoms. The number of furan rings is 1. The van der Waals surface area contributed by atoms with Gasteiger partial charge in [-0.1, -0.05) is 42.5 Å². The summed E-state index contributed by atoms with van der Waals surface area (Å²) in [5, 5.41) is 11.1. The third kappa shape index (κ3) is 4.07. The van der Waals surface area contributed by atoms with Gasteiger partial charge in [0.25, 0.3) is 0 Å². The lowest BCUT2D eigenvalue weighted by atomic mass is 10.1. The molecule has 0 saturated carbocycles. The number of hydroxylamine groups is 2. The Morgan fingerprint density at radius 1 is 1.12 bits per heavy atom. The molecule has 2 aromatic carbocycles. The van der Waals surface area contributed by atoms with Gasteiger partial charge in [0.1, 0.15) is 5.58 Å². The molecule has 6 nitrogen and oxygen atoms in total. The molecule has 0 bridgehead atoms. The van der Waals surface area contributed by atoms with Crippen LogP contribution < -0.4 is 0 Å². The SMILES string of the molecule is O=CN(O)C(CS(=O)(=O)Cc1ccc2ccoc2c1)c1ccccc1. The topological polar surface area (TPSA) is 87.8 Å². The smallest absolute Gasteiger partial charge is 0.233 e. The molecule has 3 aromatic rings. The van der Waals surface area contributed by atoms with Gasteiger partial charge in [-0.25, -0.2) is 13.5 Å². The average Bonchev–Trinajstić information content (AvgIpc) is 3.07. The number of nitrogens with zero attached hydrogens (tertiary/aromatic N) is 1. The summed E-state index contributed by atoms with van der Waals surface area (Å²) in [7, 11) is -3.59. The number of fused-ring (bicyclic) bond motifs is 1. The van der Waals surface area contributed by atoms with Crippen LogP contribution in [0.4, 0.5) is 0 Å². The van der Waals surface area contributed by atoms with Gasteiger partial charge in [-0.05, 0) is 23.3 Å². The zero-order valence-corrected chi connectivity index (χ0v) is 14.1. The fraction of sp³-hybridized carbons (Fsp3) is 0.167. The Kier molecular flexibility index (Phi) is 4.87. The van der Waals surface area contributed by atoms with Crippen LogP contribution >= 0.6 is 0 Å². The van der Waals surface area contributed by atoms with E-state index in [9.17, 15) is 18.4 Å². The maximum Gasteiger partial charge on any atom is 0.233 e. The average molecular weight is 359 g/mol. The van der Waals surface area contributed by atoms with E-state index in [0.717, 1.165) is 5.39 Å². The molecule has 130 valence electrons. The zero-order chi connectivity index (χ0) is 17.9. The van der Waals surface area contributed by atoms with Crippen LogP contribution in [0.2, 0.25) is 0 Å². The van der Waals surface area contributed by atoms with Gasteiger partial charge in [-0.2, -0.15) is 0 Å². The highest BCUT2D eigenvalue weighted by molar-refractivity contribution is 7.90. The highest BCUT2D eigenvalue weighted by atomic mass is 32.2. The van der Waals surface area contributed by atoms with Gasteiger partial charge < -0.3 is 4.42 Å². The second-order valence-corrected chi connectivity index (χ2v) is 7.87. The van der Waals surface area contributed by atoms with Crippen LogP contribution in [0.25, 0.3) is 11.0 Å². The summed E-state index contributed by atoms with van der Waals surface area (Å²) in [5.41, 5.74) is 1.75. The molecule has 1 unspecified atom stereocenters. The van der Waals surface area contributed by atoms with Crippen molar-refractivity contribution >= 4 is 27.2 Å². The molecule has 0 aliphatic carbocycles. The van der Waals surface area contributed by atoms with Gasteiger partial charge >= 0.3 is 0 Å². The number of amides is 1. The van der Waals surface area contributed by atoms with Crippen LogP contribution in [0.5, 0.6) is 0 Å². The zero-order valence-electron chi connectivity index (χ0n) is 13.3. The van der Waals surface area contributed by atoms with Crippen LogP contribution in [0, 0.1) is 0 Å². The van der Waals surface area contributed by atoms with Crippen LogP contribution in [-0.2, 0) is 20.4 Å². The van der Waals surface area contributed by atoms with Crippen LogP contribution in [0.15, 0.2) is 65.3 Å². The first kappa shape index (κ1) is 17.2. The van der Waals surface area contributed by atoms with E-state index in [1.54, 1.807) is 60.9 Å². The molecule has 0 saturated heterocycles. The van der Waals surface area contributed by atoms with Crippen molar-refractivity contribution in [1.29, 1.82) is 0 Å². The van der Waals surface area contributed by atoms with Gasteiger partial charge in [-0.15, -0.1) is 0 Å². The summed E-state index contributed by atoms with van der Waals surface area (Å²) in [6, 6.07) is 14.6. The second kappa shape index (κ2) is 7.08. The first-order valence-electron chi connectivity index (χ1n) is 7.62. The van der Waals surface area contributed by atoms with E-state index in [2.05, 4.69) is 0 Å². The van der Waals surface area contributed by atoms with E-state index in [0.29, 0.717) is 21.8 Å². The van der Waals surface area contributed by atoms with E-state index in [-0.39, 0.29) is 17.9 Å². The number of carbonyl (C=O) groups is 1. The first-order valence-corrected chi connectivity index (χ1v) is 9.45. The van der Waals surface area contributed by atoms with Gasteiger partial charge in [0.05, 0.1) is 23.8 Å². The number of hydrogen-bond acceptors (Lipinski definition) is 5. The molecule has 0 radical (unpaired) electrons. The van der Waals surface area contributed by atoms with E-state index < -0.39 is 15.9 Å². The van der Waals surface area contributed by atoms with Crippen molar-refractivity contribution in [1.82, 2.24) is 5.06 Å². The van der Waals surface area contributed by atoms with Gasteiger partial charge in [0.15, 0.2) is 9.84 Å². The van der Waals surface area contributed by atoms with E-state index in [1.807, 2.05) is 0 Å². The lowest BCUT2D eigenvalue weighted by Gasteiger charge is -2.22. The van der Waals surface area contributed by atoms with Crippen molar-refractivity contribution in [3.8, 4) is 0 Å². The summed E-state index contributed by atoms with van der Waals surface area (Å²) >= 11 is 0. The van der Waals surface area contributed by atoms with E-state index in [1.165, 1.54) is 0 Å². The van der Waals surface area contributed by atoms with Gasteiger partial charge in [0.2, 0.25) is 6.41 Å². The van der Waals surface area contributed by atoms with Crippen molar-refractivity contribution < 1.29 is 22.8 Å². The molecule has 1 amide bonds. The molecule has 0 spiro atoms. The highest BCUT2D eigenvalue weighted by Crippen LogP contribution is 2.23. The molecule has 0 aliphatic heterocycles. The predicted octanol–water partition coefficient (Wildman–Crippen LogP) is 2.94. The van der Waals surface area contributed by atoms with Crippen LogP contribution in [0.1, 0.15) is 17.2 Å². The lowest BCUT2D eigenvalue weighted by Crippen LogP contribution is -2.30. The molecule has 1 atom stereocenters. The monoisotopic (exact) mass is 359 g/mol. The minimum absolute atomic E-state index is 0.209. The van der Waals surface area contributed by atoms with E-state index in [4.69, 9.17) is 4.42 Å². The Morgan fingerprint density at radius 2 is 1.88 bits per heavy atom. The Labute approximate surface area is 145 Å². The molecule has 3 rings (SSSR count). The summed E-state index contributed by atoms with van der Waals surface area (Å²) < 4.78 is 30.5. The van der Waals surface area contributed by atoms with Gasteiger partial charge in [-0.3, -0.25) is 10.0 Å². The quantitative estimate of drug-likeness (QED) is 0.398. The maximum atomic E-state index is 12.6. The van der Waals surface area contributed by atoms with Crippen molar-refractivity contribution in [2.45, 2.75) is 11.8 Å². The normalized spacial score (nSPS) is 12.8. The van der Waals surface area contributed by atoms with Crippen molar-refractivity contribution in [2.75, 3.05) is 5.75 Å². The number of hydrogen-bond donors (Lipinski definition) is 1. The highest BCUT2D eigenvalue weighted by Gasteiger charge is 2.25. The number of rotatable bonds is 7. The number of sulfone groups is 1. The third-order valence-electron chi connectivity index (χ3n) is 3.93. The summed E-state index contributed by atoms with van der Waals surface area (Å²) in [6.07, 6.45) is 1.75. The Balaban J connectivity index is 1.83. The second-order valence-electron chi connectivity index (χ2n) is 5.76. The number of benzene rings is 2. The molecule has 1 heterocycles. The molecule has 0 fully saturated rings. The largest absolute Gasteiger partial charge is 0.464 e. The predicted molar refractivity (Wildman–Crippen MR) is 92.6 cm³/mol. The maximum absolute atomic E-state index is 12.6. The van der Waals surface area contributed by atoms with E-state index >= 15 is 0 Å². The van der Waals surface area contributed by atoms with Gasteiger partial charge in [0, 0.05) is 5.39 Å². The molecular formula is C18H17NO5S. The van der Waals surface area contributed by atoms with Crippen LogP contribution in [0.3, 0.4) is 0 Å². The molecular weight excluding hydrogens is 342 g/mol. The Bertz CT molecular complexity index is 965.